The molecule has 1 N–H and O–H groups in total. The molecule has 0 aromatic carbocycles. The Morgan fingerprint density at radius 3 is 1.92 bits per heavy atom. The summed E-state index contributed by atoms with van der Waals surface area (Å²) < 4.78 is 6.11. The van der Waals surface area contributed by atoms with Crippen molar-refractivity contribution < 1.29 is 4.43 Å². The van der Waals surface area contributed by atoms with Crippen LogP contribution in [0.15, 0.2) is 0 Å². The fraction of sp³-hybridized carbons (Fsp3) is 1.00. The van der Waals surface area contributed by atoms with E-state index in [1.807, 2.05) is 0 Å². The van der Waals surface area contributed by atoms with Gasteiger partial charge in [-0.1, -0.05) is 20.8 Å². The van der Waals surface area contributed by atoms with Crippen LogP contribution in [-0.4, -0.2) is 27.5 Å². The largest absolute Gasteiger partial charge is 0.411 e. The Balaban J connectivity index is 0.00000144. The van der Waals surface area contributed by atoms with Crippen LogP contribution in [-0.2, 0) is 4.43 Å². The van der Waals surface area contributed by atoms with Crippen molar-refractivity contribution in [2.24, 2.45) is 0 Å². The molecule has 0 unspecified atom stereocenters. The summed E-state index contributed by atoms with van der Waals surface area (Å²) in [6, 6.07) is 0. The molecule has 1 aliphatic heterocycles. The summed E-state index contributed by atoms with van der Waals surface area (Å²) in [7, 11) is -1.48. The van der Waals surface area contributed by atoms with Gasteiger partial charge in [-0.05, 0) is 18.1 Å². The van der Waals surface area contributed by atoms with Crippen molar-refractivity contribution >= 4 is 20.7 Å². The molecule has 1 rings (SSSR count). The summed E-state index contributed by atoms with van der Waals surface area (Å²) >= 11 is 0. The van der Waals surface area contributed by atoms with Crippen LogP contribution >= 0.6 is 12.4 Å². The zero-order chi connectivity index (χ0) is 9.41. The minimum atomic E-state index is -1.48. The Morgan fingerprint density at radius 1 is 1.23 bits per heavy atom. The molecule has 4 heteroatoms. The van der Waals surface area contributed by atoms with Gasteiger partial charge in [0.1, 0.15) is 0 Å². The van der Waals surface area contributed by atoms with E-state index in [1.165, 1.54) is 0 Å². The highest BCUT2D eigenvalue weighted by atomic mass is 35.5. The van der Waals surface area contributed by atoms with Crippen LogP contribution in [0.4, 0.5) is 0 Å². The second kappa shape index (κ2) is 4.30. The predicted octanol–water partition coefficient (Wildman–Crippen LogP) is 2.40. The highest BCUT2D eigenvalue weighted by molar-refractivity contribution is 6.74. The third-order valence-electron chi connectivity index (χ3n) is 3.01. The summed E-state index contributed by atoms with van der Waals surface area (Å²) in [5, 5.41) is 3.58. The number of halogens is 1. The van der Waals surface area contributed by atoms with E-state index < -0.39 is 8.32 Å². The molecular weight excluding hydrogens is 202 g/mol. The maximum atomic E-state index is 6.11. The van der Waals surface area contributed by atoms with Crippen LogP contribution in [0.2, 0.25) is 18.1 Å². The van der Waals surface area contributed by atoms with Crippen LogP contribution in [0.25, 0.3) is 0 Å². The molecule has 1 heterocycles. The minimum absolute atomic E-state index is 0. The quantitative estimate of drug-likeness (QED) is 0.727. The van der Waals surface area contributed by atoms with E-state index in [9.17, 15) is 0 Å². The van der Waals surface area contributed by atoms with Crippen molar-refractivity contribution in [3.63, 3.8) is 0 Å². The molecule has 0 radical (unpaired) electrons. The Bertz CT molecular complexity index is 163. The Morgan fingerprint density at radius 2 is 1.69 bits per heavy atom. The molecule has 0 spiro atoms. The lowest BCUT2D eigenvalue weighted by atomic mass is 10.2. The van der Waals surface area contributed by atoms with Gasteiger partial charge in [0.15, 0.2) is 8.32 Å². The summed E-state index contributed by atoms with van der Waals surface area (Å²) in [5.74, 6) is 0. The fourth-order valence-electron chi connectivity index (χ4n) is 0.939. The van der Waals surface area contributed by atoms with Gasteiger partial charge in [-0.25, -0.2) is 0 Å². The van der Waals surface area contributed by atoms with Gasteiger partial charge in [-0.15, -0.1) is 12.4 Å². The van der Waals surface area contributed by atoms with Gasteiger partial charge in [-0.2, -0.15) is 0 Å². The lowest BCUT2D eigenvalue weighted by Gasteiger charge is -2.42. The maximum Gasteiger partial charge on any atom is 0.192 e. The van der Waals surface area contributed by atoms with E-state index in [2.05, 4.69) is 39.2 Å². The van der Waals surface area contributed by atoms with E-state index >= 15 is 0 Å². The average molecular weight is 224 g/mol. The number of hydrogen-bond acceptors (Lipinski definition) is 2. The zero-order valence-corrected chi connectivity index (χ0v) is 11.1. The first-order valence-electron chi connectivity index (χ1n) is 4.71. The van der Waals surface area contributed by atoms with Crippen molar-refractivity contribution in [1.82, 2.24) is 5.32 Å². The van der Waals surface area contributed by atoms with Crippen molar-refractivity contribution in [2.75, 3.05) is 13.1 Å². The van der Waals surface area contributed by atoms with Crippen LogP contribution in [0.5, 0.6) is 0 Å². The fourth-order valence-corrected chi connectivity index (χ4v) is 2.29. The number of rotatable bonds is 2. The molecule has 1 fully saturated rings. The highest BCUT2D eigenvalue weighted by Gasteiger charge is 2.40. The molecule has 0 aromatic rings. The van der Waals surface area contributed by atoms with Crippen LogP contribution in [0.3, 0.4) is 0 Å². The normalized spacial score (nSPS) is 19.2. The molecule has 0 amide bonds. The maximum absolute atomic E-state index is 6.11. The van der Waals surface area contributed by atoms with Crippen molar-refractivity contribution in [3.05, 3.63) is 0 Å². The monoisotopic (exact) mass is 223 g/mol. The molecule has 0 aromatic heterocycles. The van der Waals surface area contributed by atoms with E-state index in [0.717, 1.165) is 13.1 Å². The molecule has 1 saturated heterocycles. The van der Waals surface area contributed by atoms with Crippen LogP contribution in [0, 0.1) is 0 Å². The topological polar surface area (TPSA) is 21.3 Å². The molecule has 0 atom stereocenters. The van der Waals surface area contributed by atoms with Gasteiger partial charge in [0, 0.05) is 13.1 Å². The number of nitrogens with one attached hydrogen (secondary N) is 1. The van der Waals surface area contributed by atoms with Gasteiger partial charge in [-0.3, -0.25) is 0 Å². The first-order chi connectivity index (χ1) is 5.33. The minimum Gasteiger partial charge on any atom is -0.411 e. The van der Waals surface area contributed by atoms with Gasteiger partial charge in [0.05, 0.1) is 6.10 Å². The standard InChI is InChI=1S/C9H21NOSi.ClH/c1-9(2,3)12(4,5)11-8-6-10-7-8;/h8,10H,6-7H2,1-5H3;1H. The molecule has 1 aliphatic rings. The molecule has 80 valence electrons. The molecule has 0 saturated carbocycles. The molecule has 0 aliphatic carbocycles. The molecule has 0 bridgehead atoms. The Hall–Kier alpha value is 0.427. The predicted molar refractivity (Wildman–Crippen MR) is 62.2 cm³/mol. The van der Waals surface area contributed by atoms with Crippen molar-refractivity contribution in [2.45, 2.75) is 45.0 Å². The van der Waals surface area contributed by atoms with Gasteiger partial charge < -0.3 is 9.74 Å². The van der Waals surface area contributed by atoms with Gasteiger partial charge >= 0.3 is 0 Å². The number of hydrogen-bond donors (Lipinski definition) is 1. The van der Waals surface area contributed by atoms with E-state index in [0.29, 0.717) is 11.1 Å². The van der Waals surface area contributed by atoms with Gasteiger partial charge in [0.25, 0.3) is 0 Å². The van der Waals surface area contributed by atoms with Crippen molar-refractivity contribution in [1.29, 1.82) is 0 Å². The lowest BCUT2D eigenvalue weighted by Crippen LogP contribution is -2.55. The molecule has 2 nitrogen and oxygen atoms in total. The smallest absolute Gasteiger partial charge is 0.192 e. The zero-order valence-electron chi connectivity index (χ0n) is 9.31. The van der Waals surface area contributed by atoms with Gasteiger partial charge in [0.2, 0.25) is 0 Å². The van der Waals surface area contributed by atoms with Crippen LogP contribution < -0.4 is 5.32 Å². The van der Waals surface area contributed by atoms with Crippen LogP contribution in [0.1, 0.15) is 20.8 Å². The summed E-state index contributed by atoms with van der Waals surface area (Å²) in [6.07, 6.45) is 0.492. The molecule has 13 heavy (non-hydrogen) atoms. The summed E-state index contributed by atoms with van der Waals surface area (Å²) in [5.41, 5.74) is 0. The Kier molecular flexibility index (Phi) is 4.44. The van der Waals surface area contributed by atoms with E-state index in [-0.39, 0.29) is 12.4 Å². The van der Waals surface area contributed by atoms with E-state index in [1.54, 1.807) is 0 Å². The third kappa shape index (κ3) is 3.24. The first kappa shape index (κ1) is 13.4. The summed E-state index contributed by atoms with van der Waals surface area (Å²) in [4.78, 5) is 0. The summed E-state index contributed by atoms with van der Waals surface area (Å²) in [6.45, 7) is 13.6. The SMILES string of the molecule is CC(C)(C)[Si](C)(C)OC1CNC1.Cl. The highest BCUT2D eigenvalue weighted by Crippen LogP contribution is 2.37. The van der Waals surface area contributed by atoms with E-state index in [4.69, 9.17) is 4.43 Å². The lowest BCUT2D eigenvalue weighted by molar-refractivity contribution is 0.125. The second-order valence-electron chi connectivity index (χ2n) is 5.16. The Labute approximate surface area is 89.0 Å². The average Bonchev–Trinajstić information content (AvgIpc) is 1.76. The third-order valence-corrected chi connectivity index (χ3v) is 7.55. The first-order valence-corrected chi connectivity index (χ1v) is 7.62. The van der Waals surface area contributed by atoms with Crippen molar-refractivity contribution in [3.8, 4) is 0 Å². The second-order valence-corrected chi connectivity index (χ2v) is 9.91. The molecular formula is C9H22ClNOSi.